The van der Waals surface area contributed by atoms with Crippen molar-refractivity contribution in [1.29, 1.82) is 0 Å². The van der Waals surface area contributed by atoms with Gasteiger partial charge < -0.3 is 0 Å². The monoisotopic (exact) mass is 173 g/mol. The Kier molecular flexibility index (Phi) is 1.59. The molecule has 0 unspecified atom stereocenters. The number of carbonyl (C=O) groups excluding carboxylic acids is 2. The minimum Gasteiger partial charge on any atom is -0.289 e. The predicted octanol–water partition coefficient (Wildman–Crippen LogP) is 1.41. The van der Waals surface area contributed by atoms with Crippen LogP contribution in [0.15, 0.2) is 30.0 Å². The lowest BCUT2D eigenvalue weighted by Gasteiger charge is -2.09. The van der Waals surface area contributed by atoms with Crippen molar-refractivity contribution in [2.45, 2.75) is 6.92 Å². The van der Waals surface area contributed by atoms with Gasteiger partial charge in [-0.25, -0.2) is 0 Å². The van der Waals surface area contributed by atoms with E-state index in [0.717, 1.165) is 0 Å². The van der Waals surface area contributed by atoms with E-state index in [9.17, 15) is 9.59 Å². The van der Waals surface area contributed by atoms with Gasteiger partial charge in [0.1, 0.15) is 5.69 Å². The number of allylic oxidation sites excluding steroid dienone is 2. The molecular weight excluding hydrogens is 166 g/mol. The number of ketones is 2. The highest BCUT2D eigenvalue weighted by Crippen LogP contribution is 2.17. The molecule has 13 heavy (non-hydrogen) atoms. The van der Waals surface area contributed by atoms with Crippen molar-refractivity contribution < 1.29 is 9.59 Å². The molecule has 0 saturated carbocycles. The maximum atomic E-state index is 11.5. The molecule has 0 amide bonds. The number of Topliss-reactive ketones (excluding diaryl/α,β-unsaturated/α-hetero) is 1. The second-order valence-corrected chi connectivity index (χ2v) is 2.92. The van der Waals surface area contributed by atoms with Gasteiger partial charge in [-0.1, -0.05) is 0 Å². The van der Waals surface area contributed by atoms with Gasteiger partial charge in [-0.15, -0.1) is 0 Å². The SMILES string of the molecule is CC1=CC(=O)c2cccnc2C1=O. The largest absolute Gasteiger partial charge is 0.289 e. The van der Waals surface area contributed by atoms with Gasteiger partial charge >= 0.3 is 0 Å². The normalized spacial score (nSPS) is 15.3. The Morgan fingerprint density at radius 2 is 2.08 bits per heavy atom. The molecule has 0 atom stereocenters. The molecule has 2 rings (SSSR count). The van der Waals surface area contributed by atoms with Crippen molar-refractivity contribution in [3.05, 3.63) is 41.2 Å². The Hall–Kier alpha value is -1.77. The molecule has 1 heterocycles. The molecule has 0 N–H and O–H groups in total. The average molecular weight is 173 g/mol. The molecule has 1 aliphatic rings. The lowest BCUT2D eigenvalue weighted by molar-refractivity contribution is 0.0980. The van der Waals surface area contributed by atoms with E-state index < -0.39 is 0 Å². The highest BCUT2D eigenvalue weighted by Gasteiger charge is 2.23. The first kappa shape index (κ1) is 7.86. The molecule has 3 nitrogen and oxygen atoms in total. The molecule has 3 heteroatoms. The molecular formula is C10H7NO2. The van der Waals surface area contributed by atoms with Gasteiger partial charge in [-0.2, -0.15) is 0 Å². The van der Waals surface area contributed by atoms with E-state index in [1.807, 2.05) is 0 Å². The highest BCUT2D eigenvalue weighted by atomic mass is 16.1. The third-order valence-electron chi connectivity index (χ3n) is 1.99. The van der Waals surface area contributed by atoms with E-state index in [0.29, 0.717) is 11.1 Å². The number of rotatable bonds is 0. The van der Waals surface area contributed by atoms with Gasteiger partial charge in [0.2, 0.25) is 5.78 Å². The summed E-state index contributed by atoms with van der Waals surface area (Å²) in [6.07, 6.45) is 2.87. The maximum absolute atomic E-state index is 11.5. The molecule has 64 valence electrons. The van der Waals surface area contributed by atoms with Gasteiger partial charge in [-0.3, -0.25) is 14.6 Å². The van der Waals surface area contributed by atoms with Crippen LogP contribution in [0.5, 0.6) is 0 Å². The van der Waals surface area contributed by atoms with Crippen LogP contribution in [-0.4, -0.2) is 16.6 Å². The summed E-state index contributed by atoms with van der Waals surface area (Å²) in [5, 5.41) is 0. The summed E-state index contributed by atoms with van der Waals surface area (Å²) in [4.78, 5) is 26.7. The van der Waals surface area contributed by atoms with Crippen LogP contribution in [0.25, 0.3) is 0 Å². The van der Waals surface area contributed by atoms with Crippen molar-refractivity contribution in [3.8, 4) is 0 Å². The highest BCUT2D eigenvalue weighted by molar-refractivity contribution is 6.23. The average Bonchev–Trinajstić information content (AvgIpc) is 2.15. The number of hydrogen-bond donors (Lipinski definition) is 0. The van der Waals surface area contributed by atoms with E-state index in [1.165, 1.54) is 12.3 Å². The molecule has 0 aromatic carbocycles. The van der Waals surface area contributed by atoms with Gasteiger partial charge in [0.25, 0.3) is 0 Å². The van der Waals surface area contributed by atoms with Crippen LogP contribution in [0.1, 0.15) is 27.8 Å². The summed E-state index contributed by atoms with van der Waals surface area (Å²) in [5.74, 6) is -0.296. The Morgan fingerprint density at radius 3 is 2.85 bits per heavy atom. The van der Waals surface area contributed by atoms with Gasteiger partial charge in [0, 0.05) is 11.8 Å². The first-order valence-corrected chi connectivity index (χ1v) is 3.92. The van der Waals surface area contributed by atoms with Gasteiger partial charge in [0.15, 0.2) is 5.78 Å². The third kappa shape index (κ3) is 1.09. The van der Waals surface area contributed by atoms with Crippen LogP contribution in [0, 0.1) is 0 Å². The van der Waals surface area contributed by atoms with Crippen LogP contribution in [0.2, 0.25) is 0 Å². The summed E-state index contributed by atoms with van der Waals surface area (Å²) in [6, 6.07) is 3.27. The Labute approximate surface area is 75.1 Å². The first-order chi connectivity index (χ1) is 6.20. The Morgan fingerprint density at radius 1 is 1.31 bits per heavy atom. The molecule has 1 aromatic rings. The summed E-state index contributed by atoms with van der Waals surface area (Å²) >= 11 is 0. The Bertz CT molecular complexity index is 432. The van der Waals surface area contributed by atoms with Crippen molar-refractivity contribution in [2.75, 3.05) is 0 Å². The van der Waals surface area contributed by atoms with Crippen molar-refractivity contribution >= 4 is 11.6 Å². The molecule has 0 saturated heterocycles. The molecule has 0 radical (unpaired) electrons. The van der Waals surface area contributed by atoms with E-state index >= 15 is 0 Å². The molecule has 0 spiro atoms. The molecule has 1 aliphatic carbocycles. The van der Waals surface area contributed by atoms with E-state index in [2.05, 4.69) is 4.98 Å². The zero-order valence-corrected chi connectivity index (χ0v) is 7.07. The van der Waals surface area contributed by atoms with Crippen molar-refractivity contribution in [1.82, 2.24) is 4.98 Å². The van der Waals surface area contributed by atoms with Crippen LogP contribution in [0.3, 0.4) is 0 Å². The zero-order valence-electron chi connectivity index (χ0n) is 7.07. The smallest absolute Gasteiger partial charge is 0.207 e. The second kappa shape index (κ2) is 2.62. The number of aromatic nitrogens is 1. The predicted molar refractivity (Wildman–Crippen MR) is 46.7 cm³/mol. The lowest BCUT2D eigenvalue weighted by atomic mass is 9.95. The number of nitrogens with zero attached hydrogens (tertiary/aromatic N) is 1. The van der Waals surface area contributed by atoms with Crippen LogP contribution >= 0.6 is 0 Å². The summed E-state index contributed by atoms with van der Waals surface area (Å²) < 4.78 is 0. The number of hydrogen-bond acceptors (Lipinski definition) is 3. The Balaban J connectivity index is 2.69. The lowest BCUT2D eigenvalue weighted by Crippen LogP contribution is -2.16. The fraction of sp³-hybridized carbons (Fsp3) is 0.100. The fourth-order valence-corrected chi connectivity index (χ4v) is 1.31. The molecule has 0 fully saturated rings. The quantitative estimate of drug-likeness (QED) is 0.595. The summed E-state index contributed by atoms with van der Waals surface area (Å²) in [6.45, 7) is 1.62. The molecule has 0 aliphatic heterocycles. The van der Waals surface area contributed by atoms with Crippen LogP contribution in [0.4, 0.5) is 0 Å². The minimum atomic E-state index is -0.157. The van der Waals surface area contributed by atoms with Crippen LogP contribution < -0.4 is 0 Å². The maximum Gasteiger partial charge on any atom is 0.207 e. The van der Waals surface area contributed by atoms with Crippen molar-refractivity contribution in [2.24, 2.45) is 0 Å². The van der Waals surface area contributed by atoms with E-state index in [4.69, 9.17) is 0 Å². The standard InChI is InChI=1S/C10H7NO2/c1-6-5-8(12)7-3-2-4-11-9(7)10(6)13/h2-5H,1H3. The van der Waals surface area contributed by atoms with Crippen LogP contribution in [-0.2, 0) is 0 Å². The van der Waals surface area contributed by atoms with E-state index in [1.54, 1.807) is 19.1 Å². The van der Waals surface area contributed by atoms with E-state index in [-0.39, 0.29) is 17.3 Å². The number of carbonyl (C=O) groups is 2. The molecule has 0 bridgehead atoms. The second-order valence-electron chi connectivity index (χ2n) is 2.92. The minimum absolute atomic E-state index is 0.139. The third-order valence-corrected chi connectivity index (χ3v) is 1.99. The first-order valence-electron chi connectivity index (χ1n) is 3.92. The fourth-order valence-electron chi connectivity index (χ4n) is 1.31. The van der Waals surface area contributed by atoms with Gasteiger partial charge in [0.05, 0.1) is 5.56 Å². The topological polar surface area (TPSA) is 47.0 Å². The number of pyridine rings is 1. The molecule has 1 aromatic heterocycles. The summed E-state index contributed by atoms with van der Waals surface area (Å²) in [5.41, 5.74) is 1.13. The number of fused-ring (bicyclic) bond motifs is 1. The van der Waals surface area contributed by atoms with Crippen molar-refractivity contribution in [3.63, 3.8) is 0 Å². The van der Waals surface area contributed by atoms with Gasteiger partial charge in [-0.05, 0) is 25.1 Å². The zero-order chi connectivity index (χ0) is 9.42. The summed E-state index contributed by atoms with van der Waals surface area (Å²) in [7, 11) is 0.